The van der Waals surface area contributed by atoms with Gasteiger partial charge in [-0.15, -0.1) is 0 Å². The Kier molecular flexibility index (Phi) is 4.70. The van der Waals surface area contributed by atoms with Crippen LogP contribution in [0.5, 0.6) is 0 Å². The van der Waals surface area contributed by atoms with Gasteiger partial charge in [0.1, 0.15) is 12.3 Å². The maximum absolute atomic E-state index is 12.6. The second kappa shape index (κ2) is 6.86. The Balaban J connectivity index is 1.56. The quantitative estimate of drug-likeness (QED) is 0.813. The van der Waals surface area contributed by atoms with Crippen molar-refractivity contribution in [1.29, 1.82) is 0 Å². The van der Waals surface area contributed by atoms with Crippen LogP contribution in [-0.2, 0) is 4.79 Å². The van der Waals surface area contributed by atoms with Crippen molar-refractivity contribution in [1.82, 2.24) is 5.32 Å². The van der Waals surface area contributed by atoms with Gasteiger partial charge in [-0.1, -0.05) is 13.0 Å². The molecule has 0 bridgehead atoms. The van der Waals surface area contributed by atoms with Crippen molar-refractivity contribution < 1.29 is 9.90 Å². The molecule has 1 amide bonds. The minimum atomic E-state index is -0.655. The van der Waals surface area contributed by atoms with Crippen LogP contribution in [0.2, 0.25) is 0 Å². The summed E-state index contributed by atoms with van der Waals surface area (Å²) in [4.78, 5) is 16.6. The number of aliphatic hydroxyl groups is 1. The Morgan fingerprint density at radius 1 is 1.08 bits per heavy atom. The zero-order valence-electron chi connectivity index (χ0n) is 16.1. The topological polar surface area (TPSA) is 55.8 Å². The van der Waals surface area contributed by atoms with Crippen molar-refractivity contribution >= 4 is 17.3 Å². The van der Waals surface area contributed by atoms with Gasteiger partial charge in [0.2, 0.25) is 5.91 Å². The zero-order chi connectivity index (χ0) is 18.4. The van der Waals surface area contributed by atoms with Gasteiger partial charge in [0, 0.05) is 19.1 Å². The molecule has 1 aliphatic heterocycles. The van der Waals surface area contributed by atoms with Gasteiger partial charge in [0.25, 0.3) is 0 Å². The van der Waals surface area contributed by atoms with E-state index in [0.717, 1.165) is 48.5 Å². The Morgan fingerprint density at radius 3 is 2.42 bits per heavy atom. The summed E-state index contributed by atoms with van der Waals surface area (Å²) in [5, 5.41) is 14.2. The number of carbonyl (C=O) groups is 1. The number of nitrogens with one attached hydrogen (secondary N) is 1. The lowest BCUT2D eigenvalue weighted by Crippen LogP contribution is -2.51. The first-order chi connectivity index (χ1) is 12.5. The maximum Gasteiger partial charge on any atom is 0.249 e. The lowest BCUT2D eigenvalue weighted by atomic mass is 9.87. The number of anilines is 2. The van der Waals surface area contributed by atoms with Crippen molar-refractivity contribution in [2.45, 2.75) is 76.7 Å². The molecule has 142 valence electrons. The lowest BCUT2D eigenvalue weighted by molar-refractivity contribution is -0.119. The molecule has 0 saturated heterocycles. The first-order valence-electron chi connectivity index (χ1n) is 10.1. The number of aliphatic hydroxyl groups excluding tert-OH is 1. The number of rotatable bonds is 4. The molecule has 2 unspecified atom stereocenters. The number of likely N-dealkylation sites (N-methyl/N-ethyl adjacent to an activating group) is 1. The van der Waals surface area contributed by atoms with Gasteiger partial charge >= 0.3 is 0 Å². The summed E-state index contributed by atoms with van der Waals surface area (Å²) >= 11 is 0. The summed E-state index contributed by atoms with van der Waals surface area (Å²) in [6, 6.07) is 6.72. The molecule has 2 fully saturated rings. The summed E-state index contributed by atoms with van der Waals surface area (Å²) in [5.41, 5.74) is 2.92. The molecule has 1 heterocycles. The summed E-state index contributed by atoms with van der Waals surface area (Å²) < 4.78 is 0. The van der Waals surface area contributed by atoms with Crippen LogP contribution in [0.3, 0.4) is 0 Å². The molecule has 0 aromatic heterocycles. The smallest absolute Gasteiger partial charge is 0.249 e. The fraction of sp³-hybridized carbons (Fsp3) is 0.667. The average Bonchev–Trinajstić information content (AvgIpc) is 3.46. The summed E-state index contributed by atoms with van der Waals surface area (Å²) in [5.74, 6) is 0.947. The third kappa shape index (κ3) is 3.23. The van der Waals surface area contributed by atoms with Gasteiger partial charge in [0.05, 0.1) is 11.4 Å². The molecule has 1 aromatic rings. The molecule has 0 spiro atoms. The zero-order valence-corrected chi connectivity index (χ0v) is 16.1. The Bertz CT molecular complexity index is 680. The minimum absolute atomic E-state index is 0.139. The summed E-state index contributed by atoms with van der Waals surface area (Å²) in [7, 11) is 1.85. The van der Waals surface area contributed by atoms with E-state index in [1.54, 1.807) is 4.90 Å². The highest BCUT2D eigenvalue weighted by Gasteiger charge is 2.41. The number of hydrogen-bond donors (Lipinski definition) is 2. The van der Waals surface area contributed by atoms with E-state index in [1.807, 2.05) is 26.1 Å². The highest BCUT2D eigenvalue weighted by atomic mass is 16.3. The van der Waals surface area contributed by atoms with E-state index in [9.17, 15) is 9.90 Å². The van der Waals surface area contributed by atoms with Gasteiger partial charge in [-0.2, -0.15) is 0 Å². The van der Waals surface area contributed by atoms with Gasteiger partial charge in [-0.3, -0.25) is 10.1 Å². The molecule has 0 radical (unpaired) electrons. The molecule has 2 aliphatic carbocycles. The highest BCUT2D eigenvalue weighted by molar-refractivity contribution is 6.05. The molecule has 5 nitrogen and oxygen atoms in total. The van der Waals surface area contributed by atoms with Crippen LogP contribution in [0, 0.1) is 5.92 Å². The van der Waals surface area contributed by atoms with Crippen LogP contribution < -0.4 is 15.1 Å². The normalized spacial score (nSPS) is 30.3. The summed E-state index contributed by atoms with van der Waals surface area (Å²) in [6.07, 6.45) is 6.36. The number of hydrogen-bond acceptors (Lipinski definition) is 4. The van der Waals surface area contributed by atoms with Crippen LogP contribution in [-0.4, -0.2) is 36.2 Å². The average molecular weight is 357 g/mol. The van der Waals surface area contributed by atoms with E-state index in [-0.39, 0.29) is 11.9 Å². The molecule has 1 aromatic carbocycles. The SMILES string of the molecule is CC1CCC(NC(O)c2ccc3c(c2)N(C2CC2)C(C)C(=O)N3C)CC1. The van der Waals surface area contributed by atoms with Crippen molar-refractivity contribution in [3.63, 3.8) is 0 Å². The Labute approximate surface area is 156 Å². The number of fused-ring (bicyclic) bond motifs is 1. The van der Waals surface area contributed by atoms with Gasteiger partial charge in [-0.25, -0.2) is 0 Å². The van der Waals surface area contributed by atoms with E-state index in [2.05, 4.69) is 23.2 Å². The van der Waals surface area contributed by atoms with E-state index in [0.29, 0.717) is 12.1 Å². The molecular formula is C21H31N3O2. The first kappa shape index (κ1) is 17.8. The standard InChI is InChI=1S/C21H31N3O2/c1-13-4-7-16(8-5-13)22-20(25)15-6-11-18-19(12-15)24(17-9-10-17)14(2)21(26)23(18)3/h6,11-14,16-17,20,22,25H,4-5,7-10H2,1-3H3. The second-order valence-electron chi connectivity index (χ2n) is 8.49. The minimum Gasteiger partial charge on any atom is -0.374 e. The third-order valence-corrected chi connectivity index (χ3v) is 6.41. The van der Waals surface area contributed by atoms with Crippen LogP contribution in [0.25, 0.3) is 0 Å². The Hall–Kier alpha value is -1.59. The third-order valence-electron chi connectivity index (χ3n) is 6.41. The van der Waals surface area contributed by atoms with Gasteiger partial charge in [0.15, 0.2) is 0 Å². The monoisotopic (exact) mass is 357 g/mol. The van der Waals surface area contributed by atoms with Gasteiger partial charge in [-0.05, 0) is 69.1 Å². The van der Waals surface area contributed by atoms with Crippen molar-refractivity contribution in [2.75, 3.05) is 16.8 Å². The number of carbonyl (C=O) groups excluding carboxylic acids is 1. The number of benzene rings is 1. The second-order valence-corrected chi connectivity index (χ2v) is 8.49. The van der Waals surface area contributed by atoms with E-state index in [1.165, 1.54) is 12.8 Å². The maximum atomic E-state index is 12.6. The Morgan fingerprint density at radius 2 is 1.77 bits per heavy atom. The molecule has 2 saturated carbocycles. The van der Waals surface area contributed by atoms with Crippen LogP contribution in [0.15, 0.2) is 18.2 Å². The predicted molar refractivity (Wildman–Crippen MR) is 104 cm³/mol. The van der Waals surface area contributed by atoms with E-state index >= 15 is 0 Å². The summed E-state index contributed by atoms with van der Waals surface area (Å²) in [6.45, 7) is 4.30. The van der Waals surface area contributed by atoms with Crippen LogP contribution >= 0.6 is 0 Å². The molecule has 3 aliphatic rings. The number of amides is 1. The molecule has 5 heteroatoms. The number of nitrogens with zero attached hydrogens (tertiary/aromatic N) is 2. The van der Waals surface area contributed by atoms with Crippen molar-refractivity contribution in [2.24, 2.45) is 5.92 Å². The fourth-order valence-electron chi connectivity index (χ4n) is 4.54. The lowest BCUT2D eigenvalue weighted by Gasteiger charge is -2.41. The van der Waals surface area contributed by atoms with E-state index < -0.39 is 6.23 Å². The molecular weight excluding hydrogens is 326 g/mol. The van der Waals surface area contributed by atoms with Crippen molar-refractivity contribution in [3.05, 3.63) is 23.8 Å². The molecule has 2 atom stereocenters. The largest absolute Gasteiger partial charge is 0.374 e. The molecule has 26 heavy (non-hydrogen) atoms. The molecule has 2 N–H and O–H groups in total. The van der Waals surface area contributed by atoms with Gasteiger partial charge < -0.3 is 14.9 Å². The molecule has 4 rings (SSSR count). The van der Waals surface area contributed by atoms with Crippen molar-refractivity contribution in [3.8, 4) is 0 Å². The van der Waals surface area contributed by atoms with Crippen LogP contribution in [0.1, 0.15) is 64.2 Å². The van der Waals surface area contributed by atoms with Crippen LogP contribution in [0.4, 0.5) is 11.4 Å². The highest BCUT2D eigenvalue weighted by Crippen LogP contribution is 2.43. The van der Waals surface area contributed by atoms with E-state index in [4.69, 9.17) is 0 Å². The fourth-order valence-corrected chi connectivity index (χ4v) is 4.54. The first-order valence-corrected chi connectivity index (χ1v) is 10.1. The predicted octanol–water partition coefficient (Wildman–Crippen LogP) is 3.18.